The Morgan fingerprint density at radius 2 is 2.21 bits per heavy atom. The molecule has 2 nitrogen and oxygen atoms in total. The average Bonchev–Trinajstić information content (AvgIpc) is 2.68. The van der Waals surface area contributed by atoms with Gasteiger partial charge in [0.2, 0.25) is 0 Å². The molecule has 0 saturated carbocycles. The van der Waals surface area contributed by atoms with Gasteiger partial charge in [-0.15, -0.1) is 0 Å². The van der Waals surface area contributed by atoms with Crippen LogP contribution in [-0.4, -0.2) is 13.2 Å². The molecule has 1 aromatic carbocycles. The Bertz CT molecular complexity index is 377. The first-order valence-electron chi connectivity index (χ1n) is 4.52. The van der Waals surface area contributed by atoms with Crippen LogP contribution in [0.3, 0.4) is 0 Å². The maximum Gasteiger partial charge on any atom is 0.109 e. The van der Waals surface area contributed by atoms with E-state index in [-0.39, 0.29) is 0 Å². The number of rotatable bonds is 1. The third kappa shape index (κ3) is 1.45. The molecule has 0 spiro atoms. The lowest BCUT2D eigenvalue weighted by molar-refractivity contribution is 0.186. The molecule has 0 aliphatic carbocycles. The summed E-state index contributed by atoms with van der Waals surface area (Å²) in [4.78, 5) is 0. The van der Waals surface area contributed by atoms with Gasteiger partial charge in [-0.05, 0) is 18.1 Å². The fourth-order valence-electron chi connectivity index (χ4n) is 1.78. The van der Waals surface area contributed by atoms with Gasteiger partial charge >= 0.3 is 0 Å². The molecule has 1 saturated heterocycles. The molecular formula is C11H10BrNO. The number of hydrogen-bond donors (Lipinski definition) is 0. The molecule has 0 amide bonds. The molecule has 1 atom stereocenters. The molecule has 1 fully saturated rings. The minimum atomic E-state index is -0.444. The van der Waals surface area contributed by atoms with Crippen LogP contribution in [0, 0.1) is 11.3 Å². The summed E-state index contributed by atoms with van der Waals surface area (Å²) in [6, 6.07) is 10.2. The highest BCUT2D eigenvalue weighted by Crippen LogP contribution is 2.36. The number of ether oxygens (including phenoxy) is 1. The van der Waals surface area contributed by atoms with Crippen LogP contribution in [0.4, 0.5) is 0 Å². The zero-order chi connectivity index (χ0) is 10.0. The second-order valence-corrected chi connectivity index (χ2v) is 4.33. The Morgan fingerprint density at radius 3 is 2.79 bits per heavy atom. The van der Waals surface area contributed by atoms with Crippen LogP contribution >= 0.6 is 15.9 Å². The smallest absolute Gasteiger partial charge is 0.109 e. The fourth-order valence-corrected chi connectivity index (χ4v) is 2.44. The van der Waals surface area contributed by atoms with E-state index in [9.17, 15) is 5.26 Å². The highest BCUT2D eigenvalue weighted by molar-refractivity contribution is 9.10. The molecule has 0 bridgehead atoms. The van der Waals surface area contributed by atoms with Gasteiger partial charge in [0.1, 0.15) is 5.41 Å². The van der Waals surface area contributed by atoms with E-state index in [4.69, 9.17) is 4.74 Å². The normalized spacial score (nSPS) is 26.0. The predicted octanol–water partition coefficient (Wildman–Crippen LogP) is 2.63. The Balaban J connectivity index is 2.47. The first-order valence-corrected chi connectivity index (χ1v) is 5.32. The monoisotopic (exact) mass is 251 g/mol. The van der Waals surface area contributed by atoms with E-state index < -0.39 is 5.41 Å². The molecule has 3 heteroatoms. The Kier molecular flexibility index (Phi) is 2.58. The van der Waals surface area contributed by atoms with Gasteiger partial charge in [0, 0.05) is 11.1 Å². The maximum atomic E-state index is 9.24. The van der Waals surface area contributed by atoms with E-state index in [2.05, 4.69) is 22.0 Å². The molecular weight excluding hydrogens is 242 g/mol. The van der Waals surface area contributed by atoms with Crippen molar-refractivity contribution in [3.8, 4) is 6.07 Å². The fraction of sp³-hybridized carbons (Fsp3) is 0.364. The van der Waals surface area contributed by atoms with E-state index in [1.165, 1.54) is 0 Å². The van der Waals surface area contributed by atoms with Gasteiger partial charge in [-0.25, -0.2) is 0 Å². The van der Waals surface area contributed by atoms with E-state index in [0.717, 1.165) is 16.5 Å². The summed E-state index contributed by atoms with van der Waals surface area (Å²) in [5, 5.41) is 9.24. The Morgan fingerprint density at radius 1 is 1.43 bits per heavy atom. The summed E-state index contributed by atoms with van der Waals surface area (Å²) in [7, 11) is 0. The van der Waals surface area contributed by atoms with Crippen molar-refractivity contribution in [2.45, 2.75) is 11.8 Å². The molecule has 1 heterocycles. The van der Waals surface area contributed by atoms with Crippen LogP contribution in [0.25, 0.3) is 0 Å². The van der Waals surface area contributed by atoms with Crippen LogP contribution in [0.5, 0.6) is 0 Å². The molecule has 0 N–H and O–H groups in total. The lowest BCUT2D eigenvalue weighted by Gasteiger charge is -2.20. The van der Waals surface area contributed by atoms with Gasteiger partial charge < -0.3 is 4.74 Å². The lowest BCUT2D eigenvalue weighted by Crippen LogP contribution is -2.24. The molecule has 1 aliphatic heterocycles. The average molecular weight is 252 g/mol. The quantitative estimate of drug-likeness (QED) is 0.769. The van der Waals surface area contributed by atoms with Crippen molar-refractivity contribution in [2.24, 2.45) is 0 Å². The van der Waals surface area contributed by atoms with Gasteiger partial charge in [0.05, 0.1) is 12.7 Å². The molecule has 72 valence electrons. The number of halogens is 1. The van der Waals surface area contributed by atoms with Crippen molar-refractivity contribution in [3.05, 3.63) is 34.3 Å². The van der Waals surface area contributed by atoms with Gasteiger partial charge in [-0.1, -0.05) is 34.1 Å². The zero-order valence-electron chi connectivity index (χ0n) is 7.66. The minimum Gasteiger partial charge on any atom is -0.379 e. The third-order valence-corrected chi connectivity index (χ3v) is 3.32. The van der Waals surface area contributed by atoms with E-state index in [0.29, 0.717) is 13.2 Å². The highest BCUT2D eigenvalue weighted by atomic mass is 79.9. The van der Waals surface area contributed by atoms with Crippen LogP contribution in [0.1, 0.15) is 12.0 Å². The molecule has 14 heavy (non-hydrogen) atoms. The van der Waals surface area contributed by atoms with Crippen LogP contribution < -0.4 is 0 Å². The summed E-state index contributed by atoms with van der Waals surface area (Å²) in [6.45, 7) is 1.18. The van der Waals surface area contributed by atoms with Crippen LogP contribution in [0.15, 0.2) is 28.7 Å². The van der Waals surface area contributed by atoms with Gasteiger partial charge in [-0.2, -0.15) is 5.26 Å². The molecule has 1 aliphatic rings. The molecule has 1 aromatic rings. The van der Waals surface area contributed by atoms with Gasteiger partial charge in [0.25, 0.3) is 0 Å². The van der Waals surface area contributed by atoms with Crippen molar-refractivity contribution in [2.75, 3.05) is 13.2 Å². The van der Waals surface area contributed by atoms with E-state index in [1.54, 1.807) is 0 Å². The molecule has 2 rings (SSSR count). The first-order chi connectivity index (χ1) is 6.78. The summed E-state index contributed by atoms with van der Waals surface area (Å²) >= 11 is 3.48. The summed E-state index contributed by atoms with van der Waals surface area (Å²) < 4.78 is 6.31. The van der Waals surface area contributed by atoms with Crippen molar-refractivity contribution in [1.82, 2.24) is 0 Å². The number of nitrogens with zero attached hydrogens (tertiary/aromatic N) is 1. The van der Waals surface area contributed by atoms with E-state index >= 15 is 0 Å². The summed E-state index contributed by atoms with van der Waals surface area (Å²) in [5.74, 6) is 0. The SMILES string of the molecule is N#C[C@@]1(c2ccccc2Br)CCOC1. The topological polar surface area (TPSA) is 33.0 Å². The van der Waals surface area contributed by atoms with Crippen LogP contribution in [0.2, 0.25) is 0 Å². The molecule has 0 radical (unpaired) electrons. The van der Waals surface area contributed by atoms with Gasteiger partial charge in [-0.3, -0.25) is 0 Å². The first kappa shape index (κ1) is 9.70. The number of nitriles is 1. The van der Waals surface area contributed by atoms with Crippen molar-refractivity contribution < 1.29 is 4.74 Å². The summed E-state index contributed by atoms with van der Waals surface area (Å²) in [5.41, 5.74) is 0.597. The van der Waals surface area contributed by atoms with Gasteiger partial charge in [0.15, 0.2) is 0 Å². The zero-order valence-corrected chi connectivity index (χ0v) is 9.25. The minimum absolute atomic E-state index is 0.444. The lowest BCUT2D eigenvalue weighted by atomic mass is 9.81. The highest BCUT2D eigenvalue weighted by Gasteiger charge is 2.38. The van der Waals surface area contributed by atoms with Crippen LogP contribution in [-0.2, 0) is 10.2 Å². The van der Waals surface area contributed by atoms with Crippen molar-refractivity contribution in [1.29, 1.82) is 5.26 Å². The second-order valence-electron chi connectivity index (χ2n) is 3.48. The number of hydrogen-bond acceptors (Lipinski definition) is 2. The summed E-state index contributed by atoms with van der Waals surface area (Å²) in [6.07, 6.45) is 0.784. The second kappa shape index (κ2) is 3.72. The van der Waals surface area contributed by atoms with E-state index in [1.807, 2.05) is 24.3 Å². The molecule has 0 unspecified atom stereocenters. The van der Waals surface area contributed by atoms with Crippen molar-refractivity contribution >= 4 is 15.9 Å². The Hall–Kier alpha value is -0.850. The number of benzene rings is 1. The third-order valence-electron chi connectivity index (χ3n) is 2.63. The standard InChI is InChI=1S/C11H10BrNO/c12-10-4-2-1-3-9(10)11(7-13)5-6-14-8-11/h1-4H,5-6,8H2/t11-/m0/s1. The molecule has 0 aromatic heterocycles. The Labute approximate surface area is 91.6 Å². The maximum absolute atomic E-state index is 9.24. The predicted molar refractivity (Wildman–Crippen MR) is 56.9 cm³/mol. The largest absolute Gasteiger partial charge is 0.379 e. The van der Waals surface area contributed by atoms with Crippen molar-refractivity contribution in [3.63, 3.8) is 0 Å².